The molecule has 2 amide bonds. The SMILES string of the molecule is CC(C)C(=O)N1CCCN(C(=O)Cc2ccc3c(c2)CCO3)CC1. The van der Waals surface area contributed by atoms with Crippen molar-refractivity contribution in [2.75, 3.05) is 32.8 Å². The number of ether oxygens (including phenoxy) is 1. The lowest BCUT2D eigenvalue weighted by Crippen LogP contribution is -2.39. The first kappa shape index (κ1) is 16.8. The van der Waals surface area contributed by atoms with Crippen LogP contribution >= 0.6 is 0 Å². The molecule has 5 heteroatoms. The summed E-state index contributed by atoms with van der Waals surface area (Å²) in [6.45, 7) is 7.33. The molecule has 1 aromatic carbocycles. The minimum absolute atomic E-state index is 0.0147. The predicted octanol–water partition coefficient (Wildman–Crippen LogP) is 1.88. The third-order valence-electron chi connectivity index (χ3n) is 4.76. The summed E-state index contributed by atoms with van der Waals surface area (Å²) in [6.07, 6.45) is 2.20. The van der Waals surface area contributed by atoms with E-state index < -0.39 is 0 Å². The molecular formula is C19H26N2O3. The summed E-state index contributed by atoms with van der Waals surface area (Å²) in [4.78, 5) is 28.6. The van der Waals surface area contributed by atoms with Gasteiger partial charge in [0.2, 0.25) is 11.8 Å². The van der Waals surface area contributed by atoms with E-state index >= 15 is 0 Å². The lowest BCUT2D eigenvalue weighted by Gasteiger charge is -2.23. The van der Waals surface area contributed by atoms with E-state index in [1.807, 2.05) is 35.8 Å². The van der Waals surface area contributed by atoms with Gasteiger partial charge in [0.25, 0.3) is 0 Å². The van der Waals surface area contributed by atoms with E-state index in [2.05, 4.69) is 6.07 Å². The van der Waals surface area contributed by atoms with Crippen molar-refractivity contribution in [1.29, 1.82) is 0 Å². The average Bonchev–Trinajstić information content (AvgIpc) is 2.88. The van der Waals surface area contributed by atoms with Crippen LogP contribution in [0, 0.1) is 5.92 Å². The van der Waals surface area contributed by atoms with Gasteiger partial charge >= 0.3 is 0 Å². The fourth-order valence-corrected chi connectivity index (χ4v) is 3.39. The van der Waals surface area contributed by atoms with E-state index in [-0.39, 0.29) is 17.7 Å². The summed E-state index contributed by atoms with van der Waals surface area (Å²) in [5.74, 6) is 1.29. The van der Waals surface area contributed by atoms with Gasteiger partial charge < -0.3 is 14.5 Å². The van der Waals surface area contributed by atoms with Gasteiger partial charge in [-0.05, 0) is 23.6 Å². The quantitative estimate of drug-likeness (QED) is 0.850. The molecule has 0 atom stereocenters. The number of amides is 2. The van der Waals surface area contributed by atoms with Crippen molar-refractivity contribution in [2.45, 2.75) is 33.1 Å². The Morgan fingerprint density at radius 2 is 1.88 bits per heavy atom. The molecule has 24 heavy (non-hydrogen) atoms. The smallest absolute Gasteiger partial charge is 0.227 e. The van der Waals surface area contributed by atoms with E-state index in [4.69, 9.17) is 4.74 Å². The second-order valence-electron chi connectivity index (χ2n) is 6.93. The van der Waals surface area contributed by atoms with Crippen LogP contribution in [0.15, 0.2) is 18.2 Å². The topological polar surface area (TPSA) is 49.9 Å². The van der Waals surface area contributed by atoms with Crippen LogP contribution in [0.4, 0.5) is 0 Å². The van der Waals surface area contributed by atoms with Gasteiger partial charge in [-0.2, -0.15) is 0 Å². The predicted molar refractivity (Wildman–Crippen MR) is 92.0 cm³/mol. The minimum Gasteiger partial charge on any atom is -0.493 e. The minimum atomic E-state index is 0.0147. The van der Waals surface area contributed by atoms with Crippen LogP contribution in [0.5, 0.6) is 5.75 Å². The van der Waals surface area contributed by atoms with Gasteiger partial charge in [-0.25, -0.2) is 0 Å². The van der Waals surface area contributed by atoms with E-state index in [0.29, 0.717) is 19.5 Å². The normalized spacial score (nSPS) is 17.5. The van der Waals surface area contributed by atoms with Crippen LogP contribution in [-0.4, -0.2) is 54.4 Å². The van der Waals surface area contributed by atoms with Crippen molar-refractivity contribution in [3.05, 3.63) is 29.3 Å². The second-order valence-corrected chi connectivity index (χ2v) is 6.93. The first-order chi connectivity index (χ1) is 11.5. The van der Waals surface area contributed by atoms with Crippen molar-refractivity contribution in [2.24, 2.45) is 5.92 Å². The summed E-state index contributed by atoms with van der Waals surface area (Å²) in [6, 6.07) is 6.04. The molecule has 1 fully saturated rings. The monoisotopic (exact) mass is 330 g/mol. The summed E-state index contributed by atoms with van der Waals surface area (Å²) in [7, 11) is 0. The Morgan fingerprint density at radius 1 is 1.12 bits per heavy atom. The highest BCUT2D eigenvalue weighted by Crippen LogP contribution is 2.26. The summed E-state index contributed by atoms with van der Waals surface area (Å²) in [5, 5.41) is 0. The van der Waals surface area contributed by atoms with Gasteiger partial charge in [0.15, 0.2) is 0 Å². The average molecular weight is 330 g/mol. The molecule has 0 aliphatic carbocycles. The first-order valence-corrected chi connectivity index (χ1v) is 8.86. The van der Waals surface area contributed by atoms with Gasteiger partial charge in [0.05, 0.1) is 13.0 Å². The number of nitrogens with zero attached hydrogens (tertiary/aromatic N) is 2. The second kappa shape index (κ2) is 7.24. The standard InChI is InChI=1S/C19H26N2O3/c1-14(2)19(23)21-8-3-7-20(9-10-21)18(22)13-15-4-5-17-16(12-15)6-11-24-17/h4-5,12,14H,3,6-11,13H2,1-2H3. The maximum absolute atomic E-state index is 12.6. The Labute approximate surface area is 143 Å². The van der Waals surface area contributed by atoms with Gasteiger partial charge in [-0.1, -0.05) is 26.0 Å². The molecule has 2 aliphatic heterocycles. The van der Waals surface area contributed by atoms with Crippen molar-refractivity contribution < 1.29 is 14.3 Å². The number of carbonyl (C=O) groups excluding carboxylic acids is 2. The van der Waals surface area contributed by atoms with Gasteiger partial charge in [-0.3, -0.25) is 9.59 Å². The van der Waals surface area contributed by atoms with Gasteiger partial charge in [0.1, 0.15) is 5.75 Å². The largest absolute Gasteiger partial charge is 0.493 e. The maximum Gasteiger partial charge on any atom is 0.227 e. The molecule has 1 aromatic rings. The molecule has 0 bridgehead atoms. The van der Waals surface area contributed by atoms with Crippen molar-refractivity contribution in [1.82, 2.24) is 9.80 Å². The molecule has 0 saturated carbocycles. The molecule has 3 rings (SSSR count). The van der Waals surface area contributed by atoms with Crippen molar-refractivity contribution in [3.8, 4) is 5.75 Å². The molecule has 2 aliphatic rings. The van der Waals surface area contributed by atoms with Crippen LogP contribution in [-0.2, 0) is 22.4 Å². The zero-order chi connectivity index (χ0) is 17.1. The molecule has 0 N–H and O–H groups in total. The van der Waals surface area contributed by atoms with E-state index in [1.165, 1.54) is 5.56 Å². The van der Waals surface area contributed by atoms with Crippen LogP contribution in [0.1, 0.15) is 31.4 Å². The molecule has 0 radical (unpaired) electrons. The number of benzene rings is 1. The lowest BCUT2D eigenvalue weighted by molar-refractivity contribution is -0.135. The first-order valence-electron chi connectivity index (χ1n) is 8.86. The van der Waals surface area contributed by atoms with Gasteiger partial charge in [0, 0.05) is 38.5 Å². The Balaban J connectivity index is 1.58. The van der Waals surface area contributed by atoms with Crippen LogP contribution in [0.25, 0.3) is 0 Å². The molecule has 0 aromatic heterocycles. The fourth-order valence-electron chi connectivity index (χ4n) is 3.39. The zero-order valence-electron chi connectivity index (χ0n) is 14.6. The Bertz CT molecular complexity index is 627. The molecule has 0 spiro atoms. The fraction of sp³-hybridized carbons (Fsp3) is 0.579. The van der Waals surface area contributed by atoms with Crippen LogP contribution in [0.2, 0.25) is 0 Å². The highest BCUT2D eigenvalue weighted by molar-refractivity contribution is 5.80. The zero-order valence-corrected chi connectivity index (χ0v) is 14.6. The third kappa shape index (κ3) is 3.71. The summed E-state index contributed by atoms with van der Waals surface area (Å²) in [5.41, 5.74) is 2.24. The highest BCUT2D eigenvalue weighted by atomic mass is 16.5. The highest BCUT2D eigenvalue weighted by Gasteiger charge is 2.23. The van der Waals surface area contributed by atoms with Crippen molar-refractivity contribution >= 4 is 11.8 Å². The number of hydrogen-bond donors (Lipinski definition) is 0. The molecule has 5 nitrogen and oxygen atoms in total. The molecule has 2 heterocycles. The maximum atomic E-state index is 12.6. The molecule has 0 unspecified atom stereocenters. The van der Waals surface area contributed by atoms with E-state index in [0.717, 1.165) is 43.9 Å². The molecule has 130 valence electrons. The summed E-state index contributed by atoms with van der Waals surface area (Å²) >= 11 is 0. The summed E-state index contributed by atoms with van der Waals surface area (Å²) < 4.78 is 5.51. The number of hydrogen-bond acceptors (Lipinski definition) is 3. The lowest BCUT2D eigenvalue weighted by atomic mass is 10.1. The number of rotatable bonds is 3. The number of carbonyl (C=O) groups is 2. The van der Waals surface area contributed by atoms with Crippen LogP contribution < -0.4 is 4.74 Å². The third-order valence-corrected chi connectivity index (χ3v) is 4.76. The van der Waals surface area contributed by atoms with Crippen molar-refractivity contribution in [3.63, 3.8) is 0 Å². The molecular weight excluding hydrogens is 304 g/mol. The Morgan fingerprint density at radius 3 is 2.67 bits per heavy atom. The molecule has 1 saturated heterocycles. The Hall–Kier alpha value is -2.04. The van der Waals surface area contributed by atoms with Gasteiger partial charge in [-0.15, -0.1) is 0 Å². The van der Waals surface area contributed by atoms with Crippen LogP contribution in [0.3, 0.4) is 0 Å². The van der Waals surface area contributed by atoms with E-state index in [1.54, 1.807) is 0 Å². The number of fused-ring (bicyclic) bond motifs is 1. The van der Waals surface area contributed by atoms with E-state index in [9.17, 15) is 9.59 Å². The Kier molecular flexibility index (Phi) is 5.07.